The van der Waals surface area contributed by atoms with Crippen LogP contribution < -0.4 is 5.32 Å². The lowest BCUT2D eigenvalue weighted by molar-refractivity contribution is -0.0531. The Kier molecular flexibility index (Phi) is 4.71. The van der Waals surface area contributed by atoms with Gasteiger partial charge in [0.1, 0.15) is 0 Å². The van der Waals surface area contributed by atoms with Crippen LogP contribution in [0.3, 0.4) is 0 Å². The fourth-order valence-electron chi connectivity index (χ4n) is 3.55. The topological polar surface area (TPSA) is 30.5 Å². The summed E-state index contributed by atoms with van der Waals surface area (Å²) in [5.74, 6) is 0.679. The standard InChI is InChI=1S/C17H25NO2/c1-18-15(12-17-19-9-10-20-17)11-14-7-4-6-13-5-2-3-8-16(13)14/h2-3,5,8,14-15,17-18H,4,6-7,9-12H2,1H3. The maximum absolute atomic E-state index is 5.58. The first-order chi connectivity index (χ1) is 9.86. The molecule has 2 aliphatic rings. The number of hydrogen-bond acceptors (Lipinski definition) is 3. The molecule has 2 atom stereocenters. The van der Waals surface area contributed by atoms with Gasteiger partial charge in [-0.05, 0) is 49.8 Å². The highest BCUT2D eigenvalue weighted by Gasteiger charge is 2.26. The van der Waals surface area contributed by atoms with Gasteiger partial charge in [-0.2, -0.15) is 0 Å². The van der Waals surface area contributed by atoms with Crippen molar-refractivity contribution >= 4 is 0 Å². The normalized spacial score (nSPS) is 24.6. The van der Waals surface area contributed by atoms with Crippen molar-refractivity contribution in [3.05, 3.63) is 35.4 Å². The van der Waals surface area contributed by atoms with E-state index in [1.165, 1.54) is 25.7 Å². The minimum Gasteiger partial charge on any atom is -0.350 e. The fraction of sp³-hybridized carbons (Fsp3) is 0.647. The third-order valence-corrected chi connectivity index (χ3v) is 4.64. The molecule has 0 radical (unpaired) electrons. The number of nitrogens with one attached hydrogen (secondary N) is 1. The highest BCUT2D eigenvalue weighted by atomic mass is 16.7. The molecule has 1 aliphatic heterocycles. The van der Waals surface area contributed by atoms with Crippen LogP contribution in [0.25, 0.3) is 0 Å². The number of aryl methyl sites for hydroxylation is 1. The van der Waals surface area contributed by atoms with E-state index in [0.29, 0.717) is 12.0 Å². The Morgan fingerprint density at radius 3 is 2.80 bits per heavy atom. The Hall–Kier alpha value is -0.900. The summed E-state index contributed by atoms with van der Waals surface area (Å²) < 4.78 is 11.2. The minimum absolute atomic E-state index is 0.00807. The molecular weight excluding hydrogens is 250 g/mol. The summed E-state index contributed by atoms with van der Waals surface area (Å²) in [6.45, 7) is 1.49. The van der Waals surface area contributed by atoms with E-state index in [4.69, 9.17) is 9.47 Å². The first kappa shape index (κ1) is 14.1. The second-order valence-corrected chi connectivity index (χ2v) is 5.92. The number of hydrogen-bond donors (Lipinski definition) is 1. The summed E-state index contributed by atoms with van der Waals surface area (Å²) in [6.07, 6.45) is 5.99. The van der Waals surface area contributed by atoms with Crippen LogP contribution in [-0.4, -0.2) is 32.6 Å². The molecule has 0 bridgehead atoms. The van der Waals surface area contributed by atoms with E-state index in [0.717, 1.165) is 19.6 Å². The summed E-state index contributed by atoms with van der Waals surface area (Å²) in [5, 5.41) is 3.45. The molecule has 3 heteroatoms. The summed E-state index contributed by atoms with van der Waals surface area (Å²) in [7, 11) is 2.05. The molecule has 1 saturated heterocycles. The van der Waals surface area contributed by atoms with E-state index in [1.54, 1.807) is 11.1 Å². The van der Waals surface area contributed by atoms with Crippen molar-refractivity contribution in [2.45, 2.75) is 50.4 Å². The van der Waals surface area contributed by atoms with Gasteiger partial charge in [0.05, 0.1) is 13.2 Å². The molecule has 1 aromatic carbocycles. The molecule has 110 valence electrons. The van der Waals surface area contributed by atoms with Crippen LogP contribution in [0.15, 0.2) is 24.3 Å². The van der Waals surface area contributed by atoms with E-state index in [9.17, 15) is 0 Å². The van der Waals surface area contributed by atoms with Gasteiger partial charge in [0, 0.05) is 12.5 Å². The van der Waals surface area contributed by atoms with Gasteiger partial charge in [-0.3, -0.25) is 0 Å². The number of rotatable bonds is 5. The van der Waals surface area contributed by atoms with Crippen molar-refractivity contribution in [3.63, 3.8) is 0 Å². The van der Waals surface area contributed by atoms with Crippen LogP contribution in [-0.2, 0) is 15.9 Å². The molecule has 1 N–H and O–H groups in total. The SMILES string of the molecule is CNC(CC1OCCO1)CC1CCCc2ccccc21. The van der Waals surface area contributed by atoms with E-state index < -0.39 is 0 Å². The van der Waals surface area contributed by atoms with Crippen molar-refractivity contribution < 1.29 is 9.47 Å². The van der Waals surface area contributed by atoms with Crippen LogP contribution in [0.2, 0.25) is 0 Å². The van der Waals surface area contributed by atoms with Crippen molar-refractivity contribution in [1.82, 2.24) is 5.32 Å². The van der Waals surface area contributed by atoms with Gasteiger partial charge in [-0.25, -0.2) is 0 Å². The molecule has 1 fully saturated rings. The van der Waals surface area contributed by atoms with Gasteiger partial charge in [-0.15, -0.1) is 0 Å². The van der Waals surface area contributed by atoms with Crippen LogP contribution in [0.1, 0.15) is 42.7 Å². The fourth-order valence-corrected chi connectivity index (χ4v) is 3.55. The second-order valence-electron chi connectivity index (χ2n) is 5.92. The van der Waals surface area contributed by atoms with Crippen LogP contribution in [0, 0.1) is 0 Å². The monoisotopic (exact) mass is 275 g/mol. The average molecular weight is 275 g/mol. The van der Waals surface area contributed by atoms with Crippen molar-refractivity contribution in [3.8, 4) is 0 Å². The molecule has 2 unspecified atom stereocenters. The molecule has 1 aromatic rings. The molecule has 20 heavy (non-hydrogen) atoms. The van der Waals surface area contributed by atoms with E-state index in [1.807, 2.05) is 7.05 Å². The lowest BCUT2D eigenvalue weighted by atomic mass is 9.79. The minimum atomic E-state index is -0.00807. The number of benzene rings is 1. The zero-order chi connectivity index (χ0) is 13.8. The summed E-state index contributed by atoms with van der Waals surface area (Å²) >= 11 is 0. The van der Waals surface area contributed by atoms with Gasteiger partial charge in [0.25, 0.3) is 0 Å². The van der Waals surface area contributed by atoms with Gasteiger partial charge in [-0.1, -0.05) is 24.3 Å². The molecule has 3 nitrogen and oxygen atoms in total. The molecule has 3 rings (SSSR count). The highest BCUT2D eigenvalue weighted by Crippen LogP contribution is 2.35. The lowest BCUT2D eigenvalue weighted by Crippen LogP contribution is -2.32. The maximum atomic E-state index is 5.58. The zero-order valence-electron chi connectivity index (χ0n) is 12.3. The maximum Gasteiger partial charge on any atom is 0.159 e. The highest BCUT2D eigenvalue weighted by molar-refractivity contribution is 5.32. The summed E-state index contributed by atoms with van der Waals surface area (Å²) in [5.41, 5.74) is 3.11. The van der Waals surface area contributed by atoms with Crippen molar-refractivity contribution in [2.75, 3.05) is 20.3 Å². The Balaban J connectivity index is 1.64. The first-order valence-electron chi connectivity index (χ1n) is 7.85. The predicted molar refractivity (Wildman–Crippen MR) is 79.9 cm³/mol. The number of fused-ring (bicyclic) bond motifs is 1. The molecular formula is C17H25NO2. The Labute approximate surface area is 121 Å². The predicted octanol–water partition coefficient (Wildman–Crippen LogP) is 2.85. The number of ether oxygens (including phenoxy) is 2. The molecule has 0 aromatic heterocycles. The van der Waals surface area contributed by atoms with Crippen molar-refractivity contribution in [2.24, 2.45) is 0 Å². The Bertz CT molecular complexity index is 429. The van der Waals surface area contributed by atoms with Crippen LogP contribution in [0.4, 0.5) is 0 Å². The second kappa shape index (κ2) is 6.70. The lowest BCUT2D eigenvalue weighted by Gasteiger charge is -2.29. The van der Waals surface area contributed by atoms with Crippen LogP contribution in [0.5, 0.6) is 0 Å². The van der Waals surface area contributed by atoms with Crippen LogP contribution >= 0.6 is 0 Å². The largest absolute Gasteiger partial charge is 0.350 e. The van der Waals surface area contributed by atoms with Gasteiger partial charge < -0.3 is 14.8 Å². The van der Waals surface area contributed by atoms with E-state index in [2.05, 4.69) is 29.6 Å². The van der Waals surface area contributed by atoms with Gasteiger partial charge >= 0.3 is 0 Å². The first-order valence-corrected chi connectivity index (χ1v) is 7.85. The third kappa shape index (κ3) is 3.22. The molecule has 0 amide bonds. The van der Waals surface area contributed by atoms with Gasteiger partial charge in [0.15, 0.2) is 6.29 Å². The zero-order valence-corrected chi connectivity index (χ0v) is 12.3. The molecule has 0 spiro atoms. The molecule has 1 heterocycles. The smallest absolute Gasteiger partial charge is 0.159 e. The van der Waals surface area contributed by atoms with Gasteiger partial charge in [0.2, 0.25) is 0 Å². The van der Waals surface area contributed by atoms with E-state index >= 15 is 0 Å². The average Bonchev–Trinajstić information content (AvgIpc) is 3.00. The Morgan fingerprint density at radius 2 is 2.00 bits per heavy atom. The summed E-state index contributed by atoms with van der Waals surface area (Å²) in [4.78, 5) is 0. The quantitative estimate of drug-likeness (QED) is 0.896. The Morgan fingerprint density at radius 1 is 1.20 bits per heavy atom. The molecule has 0 saturated carbocycles. The van der Waals surface area contributed by atoms with Crippen molar-refractivity contribution in [1.29, 1.82) is 0 Å². The van der Waals surface area contributed by atoms with E-state index in [-0.39, 0.29) is 6.29 Å². The third-order valence-electron chi connectivity index (χ3n) is 4.64. The summed E-state index contributed by atoms with van der Waals surface area (Å²) in [6, 6.07) is 9.41. The molecule has 1 aliphatic carbocycles.